The minimum atomic E-state index is -4.10. The van der Waals surface area contributed by atoms with E-state index in [1.807, 2.05) is 13.8 Å². The summed E-state index contributed by atoms with van der Waals surface area (Å²) in [7, 11) is -1.04. The summed E-state index contributed by atoms with van der Waals surface area (Å²) >= 11 is 0. The number of hydrogen-bond acceptors (Lipinski definition) is 3. The zero-order chi connectivity index (χ0) is 13.9. The molecule has 0 aliphatic heterocycles. The van der Waals surface area contributed by atoms with Gasteiger partial charge in [-0.3, -0.25) is 4.57 Å². The Bertz CT molecular complexity index is 439. The van der Waals surface area contributed by atoms with Crippen molar-refractivity contribution in [3.05, 3.63) is 23.3 Å². The summed E-state index contributed by atoms with van der Waals surface area (Å²) in [4.78, 5) is 18.0. The van der Waals surface area contributed by atoms with E-state index in [9.17, 15) is 4.57 Å². The van der Waals surface area contributed by atoms with Crippen LogP contribution in [0.25, 0.3) is 0 Å². The zero-order valence-corrected chi connectivity index (χ0v) is 11.9. The third kappa shape index (κ3) is 3.73. The van der Waals surface area contributed by atoms with Gasteiger partial charge in [0.15, 0.2) is 0 Å². The standard InChI is InChI=1S/C12H19O5P/c1-8(2)12-10(16-3)5-9(6-11(12)17-4)7-18(13,14)15/h5-6,8H,7H2,1-4H3,(H2,13,14,15). The first-order valence-electron chi connectivity index (χ1n) is 5.58. The molecule has 6 heteroatoms. The fourth-order valence-electron chi connectivity index (χ4n) is 1.89. The largest absolute Gasteiger partial charge is 0.496 e. The number of ether oxygens (including phenoxy) is 2. The van der Waals surface area contributed by atoms with Crippen LogP contribution in [0.2, 0.25) is 0 Å². The molecule has 0 spiro atoms. The minimum Gasteiger partial charge on any atom is -0.496 e. The Balaban J connectivity index is 3.30. The molecule has 0 heterocycles. The van der Waals surface area contributed by atoms with Crippen LogP contribution in [0.5, 0.6) is 11.5 Å². The lowest BCUT2D eigenvalue weighted by atomic mass is 9.99. The number of methoxy groups -OCH3 is 2. The molecular weight excluding hydrogens is 255 g/mol. The van der Waals surface area contributed by atoms with E-state index < -0.39 is 7.60 Å². The van der Waals surface area contributed by atoms with Crippen LogP contribution in [0, 0.1) is 0 Å². The van der Waals surface area contributed by atoms with Crippen molar-refractivity contribution in [1.29, 1.82) is 0 Å². The van der Waals surface area contributed by atoms with Crippen molar-refractivity contribution in [2.24, 2.45) is 0 Å². The van der Waals surface area contributed by atoms with Gasteiger partial charge in [-0.1, -0.05) is 13.8 Å². The molecule has 0 saturated carbocycles. The summed E-state index contributed by atoms with van der Waals surface area (Å²) in [5.41, 5.74) is 1.40. The predicted octanol–water partition coefficient (Wildman–Crippen LogP) is 2.50. The van der Waals surface area contributed by atoms with E-state index >= 15 is 0 Å². The minimum absolute atomic E-state index is 0.194. The van der Waals surface area contributed by atoms with Gasteiger partial charge in [-0.25, -0.2) is 0 Å². The van der Waals surface area contributed by atoms with E-state index in [-0.39, 0.29) is 12.1 Å². The molecule has 5 nitrogen and oxygen atoms in total. The summed E-state index contributed by atoms with van der Waals surface area (Å²) in [5, 5.41) is 0. The molecule has 1 aromatic carbocycles. The van der Waals surface area contributed by atoms with Crippen LogP contribution >= 0.6 is 7.60 Å². The molecule has 0 bridgehead atoms. The lowest BCUT2D eigenvalue weighted by Crippen LogP contribution is -2.01. The summed E-state index contributed by atoms with van der Waals surface area (Å²) in [5.74, 6) is 1.37. The third-order valence-electron chi connectivity index (χ3n) is 2.57. The summed E-state index contributed by atoms with van der Waals surface area (Å²) in [6.45, 7) is 4.01. The van der Waals surface area contributed by atoms with Crippen molar-refractivity contribution in [3.8, 4) is 11.5 Å². The fourth-order valence-corrected chi connectivity index (χ4v) is 2.55. The Kier molecular flexibility index (Phi) is 4.79. The Labute approximate surface area is 107 Å². The quantitative estimate of drug-likeness (QED) is 0.807. The van der Waals surface area contributed by atoms with Gasteiger partial charge < -0.3 is 19.3 Å². The second kappa shape index (κ2) is 5.74. The predicted molar refractivity (Wildman–Crippen MR) is 69.4 cm³/mol. The third-order valence-corrected chi connectivity index (χ3v) is 3.35. The van der Waals surface area contributed by atoms with Crippen molar-refractivity contribution in [1.82, 2.24) is 0 Å². The van der Waals surface area contributed by atoms with E-state index in [4.69, 9.17) is 19.3 Å². The molecule has 1 rings (SSSR count). The van der Waals surface area contributed by atoms with Crippen LogP contribution < -0.4 is 9.47 Å². The normalized spacial score (nSPS) is 11.7. The molecule has 0 radical (unpaired) electrons. The highest BCUT2D eigenvalue weighted by atomic mass is 31.2. The van der Waals surface area contributed by atoms with Crippen molar-refractivity contribution in [3.63, 3.8) is 0 Å². The molecule has 102 valence electrons. The maximum absolute atomic E-state index is 11.0. The zero-order valence-electron chi connectivity index (χ0n) is 11.0. The lowest BCUT2D eigenvalue weighted by molar-refractivity contribution is 0.370. The SMILES string of the molecule is COc1cc(CP(=O)(O)O)cc(OC)c1C(C)C. The van der Waals surface area contributed by atoms with Gasteiger partial charge in [-0.05, 0) is 23.6 Å². The van der Waals surface area contributed by atoms with Crippen LogP contribution in [0.4, 0.5) is 0 Å². The van der Waals surface area contributed by atoms with E-state index in [2.05, 4.69) is 0 Å². The number of benzene rings is 1. The van der Waals surface area contributed by atoms with E-state index in [1.54, 1.807) is 12.1 Å². The van der Waals surface area contributed by atoms with Crippen molar-refractivity contribution >= 4 is 7.60 Å². The van der Waals surface area contributed by atoms with Gasteiger partial charge >= 0.3 is 7.60 Å². The van der Waals surface area contributed by atoms with Gasteiger partial charge in [0, 0.05) is 5.56 Å². The van der Waals surface area contributed by atoms with E-state index in [1.165, 1.54) is 14.2 Å². The van der Waals surface area contributed by atoms with Gasteiger partial charge in [-0.2, -0.15) is 0 Å². The van der Waals surface area contributed by atoms with Crippen LogP contribution in [0.3, 0.4) is 0 Å². The first-order valence-corrected chi connectivity index (χ1v) is 7.37. The maximum Gasteiger partial charge on any atom is 0.329 e. The van der Waals surface area contributed by atoms with Crippen LogP contribution in [-0.2, 0) is 10.7 Å². The van der Waals surface area contributed by atoms with Gasteiger partial charge in [-0.15, -0.1) is 0 Å². The van der Waals surface area contributed by atoms with Crippen LogP contribution in [0.15, 0.2) is 12.1 Å². The number of hydrogen-bond donors (Lipinski definition) is 2. The second-order valence-electron chi connectivity index (χ2n) is 4.39. The van der Waals surface area contributed by atoms with Gasteiger partial charge in [0.05, 0.1) is 20.4 Å². The molecule has 18 heavy (non-hydrogen) atoms. The maximum atomic E-state index is 11.0. The van der Waals surface area contributed by atoms with Crippen LogP contribution in [-0.4, -0.2) is 24.0 Å². The van der Waals surface area contributed by atoms with Crippen molar-refractivity contribution < 1.29 is 23.8 Å². The summed E-state index contributed by atoms with van der Waals surface area (Å²) in [6, 6.07) is 3.30. The Hall–Kier alpha value is -1.03. The van der Waals surface area contributed by atoms with E-state index in [0.29, 0.717) is 17.1 Å². The fraction of sp³-hybridized carbons (Fsp3) is 0.500. The molecule has 2 N–H and O–H groups in total. The van der Waals surface area contributed by atoms with E-state index in [0.717, 1.165) is 5.56 Å². The molecule has 0 aliphatic rings. The first kappa shape index (κ1) is 15.0. The topological polar surface area (TPSA) is 76.0 Å². The Morgan fingerprint density at radius 2 is 1.61 bits per heavy atom. The summed E-state index contributed by atoms with van der Waals surface area (Å²) < 4.78 is 21.6. The smallest absolute Gasteiger partial charge is 0.329 e. The highest BCUT2D eigenvalue weighted by Gasteiger charge is 2.20. The average molecular weight is 274 g/mol. The molecule has 0 atom stereocenters. The second-order valence-corrected chi connectivity index (χ2v) is 6.04. The lowest BCUT2D eigenvalue weighted by Gasteiger charge is -2.18. The molecular formula is C12H19O5P. The highest BCUT2D eigenvalue weighted by molar-refractivity contribution is 7.50. The Morgan fingerprint density at radius 3 is 1.89 bits per heavy atom. The summed E-state index contributed by atoms with van der Waals surface area (Å²) in [6.07, 6.45) is -0.321. The highest BCUT2D eigenvalue weighted by Crippen LogP contribution is 2.43. The van der Waals surface area contributed by atoms with Crippen molar-refractivity contribution in [2.45, 2.75) is 25.9 Å². The van der Waals surface area contributed by atoms with Gasteiger partial charge in [0.1, 0.15) is 11.5 Å². The molecule has 1 aromatic rings. The first-order chi connectivity index (χ1) is 8.28. The molecule has 0 fully saturated rings. The number of rotatable bonds is 5. The van der Waals surface area contributed by atoms with Gasteiger partial charge in [0.25, 0.3) is 0 Å². The molecule has 0 saturated heterocycles. The monoisotopic (exact) mass is 274 g/mol. The average Bonchev–Trinajstić information content (AvgIpc) is 2.24. The van der Waals surface area contributed by atoms with Crippen LogP contribution in [0.1, 0.15) is 30.9 Å². The van der Waals surface area contributed by atoms with Gasteiger partial charge in [0.2, 0.25) is 0 Å². The Morgan fingerprint density at radius 1 is 1.17 bits per heavy atom. The molecule has 0 aromatic heterocycles. The molecule has 0 aliphatic carbocycles. The van der Waals surface area contributed by atoms with Crippen molar-refractivity contribution in [2.75, 3.05) is 14.2 Å². The molecule has 0 amide bonds. The molecule has 0 unspecified atom stereocenters.